The molecule has 0 aromatic carbocycles. The predicted octanol–water partition coefficient (Wildman–Crippen LogP) is 4.38. The fourth-order valence-corrected chi connectivity index (χ4v) is 4.41. The summed E-state index contributed by atoms with van der Waals surface area (Å²) in [4.78, 5) is 19.1. The lowest BCUT2D eigenvalue weighted by Crippen LogP contribution is -2.50. The van der Waals surface area contributed by atoms with Crippen LogP contribution in [-0.4, -0.2) is 38.8 Å². The number of likely N-dealkylation sites (tertiary alicyclic amines) is 1. The average molecular weight is 411 g/mol. The number of halogens is 1. The number of hydrogen-bond acceptors (Lipinski definition) is 4. The lowest BCUT2D eigenvalue weighted by atomic mass is 9.77. The lowest BCUT2D eigenvalue weighted by molar-refractivity contribution is -0.00194. The van der Waals surface area contributed by atoms with Crippen molar-refractivity contribution < 1.29 is 14.6 Å². The number of aromatic nitrogens is 1. The van der Waals surface area contributed by atoms with Crippen LogP contribution in [0.5, 0.6) is 0 Å². The van der Waals surface area contributed by atoms with Gasteiger partial charge in [0.05, 0.1) is 12.2 Å². The first-order valence-corrected chi connectivity index (χ1v) is 9.78. The first-order chi connectivity index (χ1) is 11.6. The fraction of sp³-hybridized carbons (Fsp3) is 0.684. The van der Waals surface area contributed by atoms with Crippen LogP contribution in [-0.2, 0) is 10.3 Å². The van der Waals surface area contributed by atoms with Crippen molar-refractivity contribution in [2.75, 3.05) is 6.54 Å². The van der Waals surface area contributed by atoms with Crippen molar-refractivity contribution in [3.8, 4) is 0 Å². The highest BCUT2D eigenvalue weighted by molar-refractivity contribution is 9.10. The highest BCUT2D eigenvalue weighted by Crippen LogP contribution is 2.49. The summed E-state index contributed by atoms with van der Waals surface area (Å²) in [6.45, 7) is 5.85. The molecule has 3 rings (SSSR count). The highest BCUT2D eigenvalue weighted by Gasteiger charge is 2.56. The number of carbonyl (C=O) groups excluding carboxylic acids is 1. The van der Waals surface area contributed by atoms with E-state index < -0.39 is 11.2 Å². The first-order valence-electron chi connectivity index (χ1n) is 8.99. The van der Waals surface area contributed by atoms with E-state index in [2.05, 4.69) is 20.9 Å². The maximum atomic E-state index is 12.9. The Balaban J connectivity index is 1.92. The van der Waals surface area contributed by atoms with Gasteiger partial charge in [-0.1, -0.05) is 19.3 Å². The normalized spacial score (nSPS) is 26.0. The van der Waals surface area contributed by atoms with Crippen molar-refractivity contribution in [3.05, 3.63) is 28.5 Å². The third-order valence-electron chi connectivity index (χ3n) is 5.22. The Morgan fingerprint density at radius 2 is 1.96 bits per heavy atom. The maximum Gasteiger partial charge on any atom is 0.410 e. The number of nitrogens with zero attached hydrogens (tertiary/aromatic N) is 2. The third-order valence-corrected chi connectivity index (χ3v) is 5.69. The molecular formula is C19H27BrN2O3. The van der Waals surface area contributed by atoms with Gasteiger partial charge in [0, 0.05) is 22.6 Å². The van der Waals surface area contributed by atoms with Crippen LogP contribution >= 0.6 is 15.9 Å². The molecule has 0 bridgehead atoms. The standard InChI is InChI=1S/C19H27BrN2O3/c1-17(2,3)25-16(23)22-13-19(24,15-8-7-14(20)11-21-15)12-18(22)9-5-4-6-10-18/h7-8,11,24H,4-6,9-10,12-13H2,1-3H3. The molecule has 1 aromatic rings. The summed E-state index contributed by atoms with van der Waals surface area (Å²) in [5, 5.41) is 11.4. The average Bonchev–Trinajstić information content (AvgIpc) is 2.80. The van der Waals surface area contributed by atoms with Gasteiger partial charge >= 0.3 is 6.09 Å². The van der Waals surface area contributed by atoms with Crippen molar-refractivity contribution in [2.24, 2.45) is 0 Å². The van der Waals surface area contributed by atoms with Gasteiger partial charge in [-0.15, -0.1) is 0 Å². The van der Waals surface area contributed by atoms with Gasteiger partial charge in [-0.25, -0.2) is 4.79 Å². The second-order valence-corrected chi connectivity index (χ2v) is 9.34. The van der Waals surface area contributed by atoms with E-state index in [1.54, 1.807) is 11.1 Å². The first kappa shape index (κ1) is 18.6. The molecule has 1 spiro atoms. The molecule has 1 amide bonds. The minimum atomic E-state index is -1.13. The van der Waals surface area contributed by atoms with Crippen LogP contribution in [0, 0.1) is 0 Å². The summed E-state index contributed by atoms with van der Waals surface area (Å²) < 4.78 is 6.52. The number of amides is 1. The fourth-order valence-electron chi connectivity index (χ4n) is 4.18. The summed E-state index contributed by atoms with van der Waals surface area (Å²) in [6.07, 6.45) is 7.02. The van der Waals surface area contributed by atoms with E-state index in [0.29, 0.717) is 12.1 Å². The molecule has 1 saturated carbocycles. The van der Waals surface area contributed by atoms with Crippen molar-refractivity contribution in [2.45, 2.75) is 76.0 Å². The number of rotatable bonds is 1. The van der Waals surface area contributed by atoms with Gasteiger partial charge in [0.2, 0.25) is 0 Å². The Hall–Kier alpha value is -1.14. The van der Waals surface area contributed by atoms with Gasteiger partial charge in [0.25, 0.3) is 0 Å². The maximum absolute atomic E-state index is 12.9. The largest absolute Gasteiger partial charge is 0.444 e. The number of ether oxygens (including phenoxy) is 1. The molecule has 138 valence electrons. The molecule has 1 saturated heterocycles. The zero-order chi connectivity index (χ0) is 18.3. The van der Waals surface area contributed by atoms with E-state index in [1.807, 2.05) is 32.9 Å². The van der Waals surface area contributed by atoms with Crippen LogP contribution in [0.3, 0.4) is 0 Å². The number of pyridine rings is 1. The van der Waals surface area contributed by atoms with E-state index in [9.17, 15) is 9.90 Å². The van der Waals surface area contributed by atoms with Crippen molar-refractivity contribution >= 4 is 22.0 Å². The van der Waals surface area contributed by atoms with Crippen LogP contribution in [0.4, 0.5) is 4.79 Å². The van der Waals surface area contributed by atoms with Crippen LogP contribution in [0.15, 0.2) is 22.8 Å². The van der Waals surface area contributed by atoms with Crippen LogP contribution in [0.25, 0.3) is 0 Å². The molecule has 0 radical (unpaired) electrons. The van der Waals surface area contributed by atoms with Crippen LogP contribution in [0.1, 0.15) is 65.0 Å². The zero-order valence-corrected chi connectivity index (χ0v) is 16.8. The molecule has 1 aliphatic heterocycles. The summed E-state index contributed by atoms with van der Waals surface area (Å²) in [5.74, 6) is 0. The summed E-state index contributed by atoms with van der Waals surface area (Å²) in [5.41, 5.74) is -1.39. The van der Waals surface area contributed by atoms with E-state index in [-0.39, 0.29) is 18.2 Å². The van der Waals surface area contributed by atoms with E-state index >= 15 is 0 Å². The van der Waals surface area contributed by atoms with Gasteiger partial charge in [-0.2, -0.15) is 0 Å². The molecule has 6 heteroatoms. The number of hydrogen-bond donors (Lipinski definition) is 1. The molecular weight excluding hydrogens is 384 g/mol. The lowest BCUT2D eigenvalue weighted by Gasteiger charge is -2.41. The van der Waals surface area contributed by atoms with Crippen molar-refractivity contribution in [3.63, 3.8) is 0 Å². The topological polar surface area (TPSA) is 62.7 Å². The molecule has 2 aliphatic rings. The Morgan fingerprint density at radius 3 is 2.52 bits per heavy atom. The van der Waals surface area contributed by atoms with Gasteiger partial charge in [0.1, 0.15) is 11.2 Å². The Bertz CT molecular complexity index is 635. The second kappa shape index (κ2) is 6.54. The Morgan fingerprint density at radius 1 is 1.28 bits per heavy atom. The molecule has 5 nitrogen and oxygen atoms in total. The molecule has 2 heterocycles. The van der Waals surface area contributed by atoms with Gasteiger partial charge < -0.3 is 9.84 Å². The van der Waals surface area contributed by atoms with E-state index in [4.69, 9.17) is 4.74 Å². The monoisotopic (exact) mass is 410 g/mol. The molecule has 1 N–H and O–H groups in total. The summed E-state index contributed by atoms with van der Waals surface area (Å²) in [7, 11) is 0. The van der Waals surface area contributed by atoms with Crippen LogP contribution < -0.4 is 0 Å². The summed E-state index contributed by atoms with van der Waals surface area (Å²) in [6, 6.07) is 3.71. The number of aliphatic hydroxyl groups is 1. The van der Waals surface area contributed by atoms with Gasteiger partial charge in [-0.05, 0) is 61.7 Å². The summed E-state index contributed by atoms with van der Waals surface area (Å²) >= 11 is 3.38. The number of β-amino-alcohol motifs (C(OH)–C–C–N with tert-alkyl or cyclic N) is 1. The molecule has 1 unspecified atom stereocenters. The highest BCUT2D eigenvalue weighted by atomic mass is 79.9. The third kappa shape index (κ3) is 3.85. The molecule has 1 aliphatic carbocycles. The second-order valence-electron chi connectivity index (χ2n) is 8.42. The minimum absolute atomic E-state index is 0.233. The number of carbonyl (C=O) groups is 1. The smallest absolute Gasteiger partial charge is 0.410 e. The zero-order valence-electron chi connectivity index (χ0n) is 15.2. The van der Waals surface area contributed by atoms with Crippen molar-refractivity contribution in [1.82, 2.24) is 9.88 Å². The Kier molecular flexibility index (Phi) is 4.88. The van der Waals surface area contributed by atoms with Crippen LogP contribution in [0.2, 0.25) is 0 Å². The van der Waals surface area contributed by atoms with Gasteiger partial charge in [-0.3, -0.25) is 9.88 Å². The van der Waals surface area contributed by atoms with Crippen molar-refractivity contribution in [1.29, 1.82) is 0 Å². The molecule has 25 heavy (non-hydrogen) atoms. The van der Waals surface area contributed by atoms with E-state index in [1.165, 1.54) is 6.42 Å². The van der Waals surface area contributed by atoms with Gasteiger partial charge in [0.15, 0.2) is 0 Å². The molecule has 1 aromatic heterocycles. The SMILES string of the molecule is CC(C)(C)OC(=O)N1CC(O)(c2ccc(Br)cn2)CC12CCCCC2. The Labute approximate surface area is 157 Å². The predicted molar refractivity (Wildman–Crippen MR) is 99.2 cm³/mol. The minimum Gasteiger partial charge on any atom is -0.444 e. The molecule has 1 atom stereocenters. The molecule has 2 fully saturated rings. The van der Waals surface area contributed by atoms with E-state index in [0.717, 1.165) is 30.2 Å². The quantitative estimate of drug-likeness (QED) is 0.745.